The van der Waals surface area contributed by atoms with Crippen molar-refractivity contribution < 1.29 is 13.9 Å². The van der Waals surface area contributed by atoms with Gasteiger partial charge in [0.2, 0.25) is 5.91 Å². The number of hydrogen-bond acceptors (Lipinski definition) is 3. The molecule has 3 rings (SSSR count). The van der Waals surface area contributed by atoms with Crippen LogP contribution in [0.1, 0.15) is 12.0 Å². The van der Waals surface area contributed by atoms with Gasteiger partial charge in [-0.2, -0.15) is 0 Å². The van der Waals surface area contributed by atoms with Gasteiger partial charge in [0.1, 0.15) is 5.82 Å². The Morgan fingerprint density at radius 2 is 2.35 bits per heavy atom. The second-order valence-corrected chi connectivity index (χ2v) is 4.97. The molecule has 1 N–H and O–H groups in total. The van der Waals surface area contributed by atoms with Crippen molar-refractivity contribution >= 4 is 24.0 Å². The highest BCUT2D eigenvalue weighted by Gasteiger charge is 2.27. The Kier molecular flexibility index (Phi) is 4.96. The van der Waals surface area contributed by atoms with Crippen LogP contribution < -0.4 is 10.2 Å². The smallest absolute Gasteiger partial charge is 0.229 e. The van der Waals surface area contributed by atoms with Gasteiger partial charge in [-0.05, 0) is 24.1 Å². The molecule has 2 aliphatic rings. The zero-order valence-electron chi connectivity index (χ0n) is 11.1. The highest BCUT2D eigenvalue weighted by molar-refractivity contribution is 5.95. The molecule has 0 radical (unpaired) electrons. The van der Waals surface area contributed by atoms with Crippen molar-refractivity contribution in [2.45, 2.75) is 18.9 Å². The Bertz CT molecular complexity index is 492. The Morgan fingerprint density at radius 1 is 1.50 bits per heavy atom. The number of ether oxygens (including phenoxy) is 1. The van der Waals surface area contributed by atoms with E-state index in [1.165, 1.54) is 12.1 Å². The van der Waals surface area contributed by atoms with Gasteiger partial charge in [0, 0.05) is 25.3 Å². The Balaban J connectivity index is 0.00000147. The number of halogens is 2. The summed E-state index contributed by atoms with van der Waals surface area (Å²) in [7, 11) is 0. The molecule has 4 nitrogen and oxygen atoms in total. The van der Waals surface area contributed by atoms with Crippen LogP contribution >= 0.6 is 12.4 Å². The summed E-state index contributed by atoms with van der Waals surface area (Å²) in [4.78, 5) is 14.0. The second-order valence-electron chi connectivity index (χ2n) is 4.97. The number of amides is 1. The zero-order valence-corrected chi connectivity index (χ0v) is 11.9. The van der Waals surface area contributed by atoms with E-state index in [1.54, 1.807) is 11.0 Å². The molecule has 1 saturated heterocycles. The SMILES string of the molecule is Cl.O=C(CC1CNCCO1)N1CCc2ccc(F)cc21. The van der Waals surface area contributed by atoms with E-state index in [2.05, 4.69) is 5.32 Å². The third kappa shape index (κ3) is 3.11. The summed E-state index contributed by atoms with van der Waals surface area (Å²) in [6.45, 7) is 2.82. The van der Waals surface area contributed by atoms with E-state index >= 15 is 0 Å². The first-order chi connectivity index (χ1) is 9.24. The van der Waals surface area contributed by atoms with Crippen molar-refractivity contribution in [1.82, 2.24) is 5.32 Å². The van der Waals surface area contributed by atoms with Gasteiger partial charge < -0.3 is 15.0 Å². The highest BCUT2D eigenvalue weighted by Crippen LogP contribution is 2.29. The molecule has 1 aromatic rings. The summed E-state index contributed by atoms with van der Waals surface area (Å²) in [6, 6.07) is 4.65. The summed E-state index contributed by atoms with van der Waals surface area (Å²) >= 11 is 0. The standard InChI is InChI=1S/C14H17FN2O2.ClH/c15-11-2-1-10-3-5-17(13(10)7-11)14(18)8-12-9-16-4-6-19-12;/h1-2,7,12,16H,3-6,8-9H2;1H. The molecule has 1 unspecified atom stereocenters. The van der Waals surface area contributed by atoms with E-state index in [4.69, 9.17) is 4.74 Å². The molecule has 0 spiro atoms. The van der Waals surface area contributed by atoms with Crippen molar-refractivity contribution in [3.8, 4) is 0 Å². The van der Waals surface area contributed by atoms with Crippen molar-refractivity contribution in [2.75, 3.05) is 31.1 Å². The number of benzene rings is 1. The van der Waals surface area contributed by atoms with Crippen LogP contribution in [0, 0.1) is 5.82 Å². The maximum atomic E-state index is 13.3. The fourth-order valence-corrected chi connectivity index (χ4v) is 2.67. The number of nitrogens with zero attached hydrogens (tertiary/aromatic N) is 1. The van der Waals surface area contributed by atoms with Crippen molar-refractivity contribution in [1.29, 1.82) is 0 Å². The predicted octanol–water partition coefficient (Wildman–Crippen LogP) is 1.52. The number of rotatable bonds is 2. The van der Waals surface area contributed by atoms with Crippen LogP contribution in [0.4, 0.5) is 10.1 Å². The van der Waals surface area contributed by atoms with Crippen LogP contribution in [0.15, 0.2) is 18.2 Å². The first kappa shape index (κ1) is 15.2. The molecule has 0 saturated carbocycles. The Hall–Kier alpha value is -1.17. The fourth-order valence-electron chi connectivity index (χ4n) is 2.67. The number of morpholine rings is 1. The number of carbonyl (C=O) groups is 1. The summed E-state index contributed by atoms with van der Waals surface area (Å²) < 4.78 is 18.8. The molecule has 0 aliphatic carbocycles. The van der Waals surface area contributed by atoms with Crippen LogP contribution in [-0.4, -0.2) is 38.3 Å². The van der Waals surface area contributed by atoms with Crippen LogP contribution in [0.25, 0.3) is 0 Å². The van der Waals surface area contributed by atoms with Crippen LogP contribution in [-0.2, 0) is 16.0 Å². The van der Waals surface area contributed by atoms with E-state index in [9.17, 15) is 9.18 Å². The molecular formula is C14H18ClFN2O2. The van der Waals surface area contributed by atoms with Gasteiger partial charge in [-0.15, -0.1) is 12.4 Å². The summed E-state index contributed by atoms with van der Waals surface area (Å²) in [6.07, 6.45) is 1.08. The number of carbonyl (C=O) groups excluding carboxylic acids is 1. The summed E-state index contributed by atoms with van der Waals surface area (Å²) in [5.41, 5.74) is 1.76. The monoisotopic (exact) mass is 300 g/mol. The molecule has 0 bridgehead atoms. The lowest BCUT2D eigenvalue weighted by Crippen LogP contribution is -2.42. The largest absolute Gasteiger partial charge is 0.375 e. The topological polar surface area (TPSA) is 41.6 Å². The molecule has 0 aromatic heterocycles. The maximum absolute atomic E-state index is 13.3. The van der Waals surface area contributed by atoms with Gasteiger partial charge in [-0.25, -0.2) is 4.39 Å². The Morgan fingerprint density at radius 3 is 3.10 bits per heavy atom. The summed E-state index contributed by atoms with van der Waals surface area (Å²) in [5.74, 6) is -0.285. The van der Waals surface area contributed by atoms with E-state index in [1.807, 2.05) is 0 Å². The molecule has 1 amide bonds. The average molecular weight is 301 g/mol. The third-order valence-corrected chi connectivity index (χ3v) is 3.65. The van der Waals surface area contributed by atoms with Crippen LogP contribution in [0.2, 0.25) is 0 Å². The first-order valence-corrected chi connectivity index (χ1v) is 6.65. The number of anilines is 1. The molecule has 1 aromatic carbocycles. The van der Waals surface area contributed by atoms with Gasteiger partial charge in [0.25, 0.3) is 0 Å². The lowest BCUT2D eigenvalue weighted by Gasteiger charge is -2.25. The van der Waals surface area contributed by atoms with Crippen LogP contribution in [0.3, 0.4) is 0 Å². The molecule has 110 valence electrons. The maximum Gasteiger partial charge on any atom is 0.229 e. The van der Waals surface area contributed by atoms with Gasteiger partial charge in [-0.3, -0.25) is 4.79 Å². The zero-order chi connectivity index (χ0) is 13.2. The Labute approximate surface area is 123 Å². The van der Waals surface area contributed by atoms with E-state index < -0.39 is 0 Å². The summed E-state index contributed by atoms with van der Waals surface area (Å²) in [5, 5.41) is 3.20. The molecular weight excluding hydrogens is 283 g/mol. The quantitative estimate of drug-likeness (QED) is 0.900. The number of hydrogen-bond donors (Lipinski definition) is 1. The number of fused-ring (bicyclic) bond motifs is 1. The third-order valence-electron chi connectivity index (χ3n) is 3.65. The lowest BCUT2D eigenvalue weighted by molar-refractivity contribution is -0.121. The molecule has 6 heteroatoms. The minimum Gasteiger partial charge on any atom is -0.375 e. The molecule has 20 heavy (non-hydrogen) atoms. The van der Waals surface area contributed by atoms with Crippen molar-refractivity contribution in [3.05, 3.63) is 29.6 Å². The molecule has 2 aliphatic heterocycles. The second kappa shape index (κ2) is 6.52. The molecule has 1 fully saturated rings. The first-order valence-electron chi connectivity index (χ1n) is 6.65. The van der Waals surface area contributed by atoms with Crippen molar-refractivity contribution in [2.24, 2.45) is 0 Å². The van der Waals surface area contributed by atoms with Gasteiger partial charge >= 0.3 is 0 Å². The normalized spacial score (nSPS) is 21.2. The fraction of sp³-hybridized carbons (Fsp3) is 0.500. The predicted molar refractivity (Wildman–Crippen MR) is 76.9 cm³/mol. The average Bonchev–Trinajstić information content (AvgIpc) is 2.82. The van der Waals surface area contributed by atoms with E-state index in [0.717, 1.165) is 18.5 Å². The van der Waals surface area contributed by atoms with Crippen LogP contribution in [0.5, 0.6) is 0 Å². The van der Waals surface area contributed by atoms with Gasteiger partial charge in [0.15, 0.2) is 0 Å². The lowest BCUT2D eigenvalue weighted by atomic mass is 10.1. The van der Waals surface area contributed by atoms with E-state index in [-0.39, 0.29) is 30.2 Å². The minimum absolute atomic E-state index is 0. The molecule has 2 heterocycles. The van der Waals surface area contributed by atoms with Gasteiger partial charge in [-0.1, -0.05) is 6.07 Å². The van der Waals surface area contributed by atoms with Crippen molar-refractivity contribution in [3.63, 3.8) is 0 Å². The highest BCUT2D eigenvalue weighted by atomic mass is 35.5. The van der Waals surface area contributed by atoms with Gasteiger partial charge in [0.05, 0.1) is 19.1 Å². The number of nitrogens with one attached hydrogen (secondary N) is 1. The van der Waals surface area contributed by atoms with E-state index in [0.29, 0.717) is 31.8 Å². The molecule has 1 atom stereocenters. The minimum atomic E-state index is -0.297.